The Morgan fingerprint density at radius 1 is 1.22 bits per heavy atom. The first-order chi connectivity index (χ1) is 13.1. The Labute approximate surface area is 157 Å². The van der Waals surface area contributed by atoms with Gasteiger partial charge in [-0.1, -0.05) is 19.1 Å². The molecule has 0 aliphatic heterocycles. The summed E-state index contributed by atoms with van der Waals surface area (Å²) in [7, 11) is 0. The normalized spacial score (nSPS) is 11.3. The smallest absolute Gasteiger partial charge is 0.291 e. The summed E-state index contributed by atoms with van der Waals surface area (Å²) in [6.45, 7) is 2.06. The van der Waals surface area contributed by atoms with Gasteiger partial charge in [-0.05, 0) is 35.2 Å². The van der Waals surface area contributed by atoms with Crippen LogP contribution >= 0.6 is 11.3 Å². The van der Waals surface area contributed by atoms with E-state index in [-0.39, 0.29) is 30.4 Å². The van der Waals surface area contributed by atoms with E-state index in [1.54, 1.807) is 23.5 Å². The molecule has 1 aromatic carbocycles. The van der Waals surface area contributed by atoms with Gasteiger partial charge in [0.05, 0.1) is 10.2 Å². The lowest BCUT2D eigenvalue weighted by molar-refractivity contribution is -0.122. The SMILES string of the molecule is CCc1nn(CC(=O)NCc2ccc(F)cc2)c(=O)c2cc3sccc3n12. The zero-order chi connectivity index (χ0) is 19.0. The molecule has 0 saturated heterocycles. The molecule has 1 amide bonds. The zero-order valence-corrected chi connectivity index (χ0v) is 15.4. The van der Waals surface area contributed by atoms with Gasteiger partial charge in [0.2, 0.25) is 5.91 Å². The van der Waals surface area contributed by atoms with Gasteiger partial charge in [-0.2, -0.15) is 5.10 Å². The van der Waals surface area contributed by atoms with Crippen molar-refractivity contribution in [2.45, 2.75) is 26.4 Å². The minimum Gasteiger partial charge on any atom is -0.350 e. The van der Waals surface area contributed by atoms with Crippen LogP contribution in [-0.4, -0.2) is 20.1 Å². The second-order valence-electron chi connectivity index (χ2n) is 6.17. The molecule has 0 fully saturated rings. The number of benzene rings is 1. The molecule has 3 heterocycles. The number of halogens is 1. The third kappa shape index (κ3) is 3.23. The standard InChI is InChI=1S/C19H17FN4O2S/c1-2-17-22-23(11-18(25)21-10-12-3-5-13(20)6-4-12)19(26)15-9-16-14(24(15)17)7-8-27-16/h3-9H,2,10-11H2,1H3,(H,21,25). The highest BCUT2D eigenvalue weighted by Crippen LogP contribution is 2.24. The average Bonchev–Trinajstić information content (AvgIpc) is 3.25. The number of nitrogens with one attached hydrogen (secondary N) is 1. The van der Waals surface area contributed by atoms with Crippen LogP contribution < -0.4 is 10.9 Å². The number of aryl methyl sites for hydroxylation is 1. The van der Waals surface area contributed by atoms with Crippen molar-refractivity contribution in [1.82, 2.24) is 19.5 Å². The molecule has 0 aliphatic carbocycles. The monoisotopic (exact) mass is 384 g/mol. The summed E-state index contributed by atoms with van der Waals surface area (Å²) in [5.74, 6) is 0.0753. The van der Waals surface area contributed by atoms with E-state index in [0.717, 1.165) is 21.6 Å². The second kappa shape index (κ2) is 6.96. The summed E-state index contributed by atoms with van der Waals surface area (Å²) < 4.78 is 17.0. The van der Waals surface area contributed by atoms with Crippen molar-refractivity contribution in [2.75, 3.05) is 0 Å². The summed E-state index contributed by atoms with van der Waals surface area (Å²) in [6.07, 6.45) is 0.633. The van der Waals surface area contributed by atoms with Gasteiger partial charge in [0.1, 0.15) is 23.7 Å². The van der Waals surface area contributed by atoms with E-state index < -0.39 is 0 Å². The molecule has 4 rings (SSSR count). The predicted octanol–water partition coefficient (Wildman–Crippen LogP) is 2.73. The highest BCUT2D eigenvalue weighted by molar-refractivity contribution is 7.17. The van der Waals surface area contributed by atoms with E-state index in [9.17, 15) is 14.0 Å². The highest BCUT2D eigenvalue weighted by Gasteiger charge is 2.15. The molecule has 0 spiro atoms. The first-order valence-electron chi connectivity index (χ1n) is 8.56. The number of hydrogen-bond donors (Lipinski definition) is 1. The molecule has 1 N–H and O–H groups in total. The number of carbonyl (C=O) groups is 1. The Balaban J connectivity index is 1.59. The van der Waals surface area contributed by atoms with Crippen LogP contribution in [0.5, 0.6) is 0 Å². The Kier molecular flexibility index (Phi) is 4.49. The number of aromatic nitrogens is 3. The van der Waals surface area contributed by atoms with Crippen LogP contribution in [0.2, 0.25) is 0 Å². The van der Waals surface area contributed by atoms with Crippen molar-refractivity contribution in [3.05, 3.63) is 69.3 Å². The molecule has 3 aromatic heterocycles. The number of thiophene rings is 1. The van der Waals surface area contributed by atoms with Gasteiger partial charge in [0, 0.05) is 13.0 Å². The van der Waals surface area contributed by atoms with Gasteiger partial charge in [0.25, 0.3) is 5.56 Å². The molecule has 27 heavy (non-hydrogen) atoms. The van der Waals surface area contributed by atoms with Gasteiger partial charge < -0.3 is 5.32 Å². The fourth-order valence-corrected chi connectivity index (χ4v) is 3.86. The van der Waals surface area contributed by atoms with Crippen molar-refractivity contribution >= 4 is 33.0 Å². The fraction of sp³-hybridized carbons (Fsp3) is 0.211. The Hall–Kier alpha value is -3.00. The lowest BCUT2D eigenvalue weighted by Gasteiger charge is -2.10. The third-order valence-corrected chi connectivity index (χ3v) is 5.24. The number of rotatable bonds is 5. The molecule has 0 radical (unpaired) electrons. The van der Waals surface area contributed by atoms with Crippen molar-refractivity contribution in [3.63, 3.8) is 0 Å². The van der Waals surface area contributed by atoms with Crippen molar-refractivity contribution in [2.24, 2.45) is 0 Å². The molecule has 0 saturated carbocycles. The van der Waals surface area contributed by atoms with Crippen LogP contribution in [0.25, 0.3) is 15.7 Å². The maximum absolute atomic E-state index is 12.9. The average molecular weight is 384 g/mol. The van der Waals surface area contributed by atoms with E-state index in [4.69, 9.17) is 0 Å². The number of carbonyl (C=O) groups excluding carboxylic acids is 1. The predicted molar refractivity (Wildman–Crippen MR) is 102 cm³/mol. The van der Waals surface area contributed by atoms with Crippen LogP contribution in [0.3, 0.4) is 0 Å². The zero-order valence-electron chi connectivity index (χ0n) is 14.6. The third-order valence-electron chi connectivity index (χ3n) is 4.38. The Morgan fingerprint density at radius 2 is 2.00 bits per heavy atom. The number of amides is 1. The molecule has 138 valence electrons. The summed E-state index contributed by atoms with van der Waals surface area (Å²) >= 11 is 1.56. The van der Waals surface area contributed by atoms with E-state index in [0.29, 0.717) is 11.9 Å². The maximum atomic E-state index is 12.9. The number of nitrogens with zero attached hydrogens (tertiary/aromatic N) is 3. The molecule has 0 atom stereocenters. The van der Waals surface area contributed by atoms with Gasteiger partial charge >= 0.3 is 0 Å². The van der Waals surface area contributed by atoms with Crippen LogP contribution in [0.1, 0.15) is 18.3 Å². The second-order valence-corrected chi connectivity index (χ2v) is 7.12. The van der Waals surface area contributed by atoms with E-state index in [1.807, 2.05) is 28.8 Å². The minimum atomic E-state index is -0.326. The van der Waals surface area contributed by atoms with Gasteiger partial charge in [0.15, 0.2) is 0 Å². The molecular weight excluding hydrogens is 367 g/mol. The molecular formula is C19H17FN4O2S. The number of hydrogen-bond acceptors (Lipinski definition) is 4. The molecule has 0 bridgehead atoms. The van der Waals surface area contributed by atoms with Crippen LogP contribution in [0.4, 0.5) is 4.39 Å². The van der Waals surface area contributed by atoms with E-state index >= 15 is 0 Å². The van der Waals surface area contributed by atoms with Crippen LogP contribution in [0, 0.1) is 5.82 Å². The fourth-order valence-electron chi connectivity index (χ4n) is 3.05. The van der Waals surface area contributed by atoms with Crippen molar-refractivity contribution in [3.8, 4) is 0 Å². The molecule has 6 nitrogen and oxygen atoms in total. The minimum absolute atomic E-state index is 0.164. The highest BCUT2D eigenvalue weighted by atomic mass is 32.1. The molecule has 8 heteroatoms. The number of fused-ring (bicyclic) bond motifs is 3. The summed E-state index contributed by atoms with van der Waals surface area (Å²) in [5, 5.41) is 9.10. The lowest BCUT2D eigenvalue weighted by atomic mass is 10.2. The van der Waals surface area contributed by atoms with Crippen LogP contribution in [0.15, 0.2) is 46.6 Å². The van der Waals surface area contributed by atoms with Gasteiger partial charge in [-0.3, -0.25) is 14.0 Å². The Bertz CT molecular complexity index is 1190. The molecule has 0 aliphatic rings. The van der Waals surface area contributed by atoms with Crippen LogP contribution in [-0.2, 0) is 24.3 Å². The van der Waals surface area contributed by atoms with Gasteiger partial charge in [-0.15, -0.1) is 11.3 Å². The maximum Gasteiger partial charge on any atom is 0.291 e. The van der Waals surface area contributed by atoms with E-state index in [2.05, 4.69) is 10.4 Å². The van der Waals surface area contributed by atoms with Gasteiger partial charge in [-0.25, -0.2) is 9.07 Å². The molecule has 4 aromatic rings. The summed E-state index contributed by atoms with van der Waals surface area (Å²) in [6, 6.07) is 9.70. The summed E-state index contributed by atoms with van der Waals surface area (Å²) in [5.41, 5.74) is 1.97. The topological polar surface area (TPSA) is 68.4 Å². The largest absolute Gasteiger partial charge is 0.350 e. The molecule has 0 unspecified atom stereocenters. The summed E-state index contributed by atoms with van der Waals surface area (Å²) in [4.78, 5) is 25.0. The van der Waals surface area contributed by atoms with Crippen molar-refractivity contribution < 1.29 is 9.18 Å². The van der Waals surface area contributed by atoms with E-state index in [1.165, 1.54) is 16.8 Å². The Morgan fingerprint density at radius 3 is 2.74 bits per heavy atom. The quantitative estimate of drug-likeness (QED) is 0.575. The first-order valence-corrected chi connectivity index (χ1v) is 9.44. The lowest BCUT2D eigenvalue weighted by Crippen LogP contribution is -2.35. The first kappa shape index (κ1) is 17.4. The van der Waals surface area contributed by atoms with Crippen molar-refractivity contribution in [1.29, 1.82) is 0 Å².